The van der Waals surface area contributed by atoms with E-state index in [1.165, 1.54) is 0 Å². The second-order valence-corrected chi connectivity index (χ2v) is 6.64. The molecule has 0 radical (unpaired) electrons. The van der Waals surface area contributed by atoms with Crippen LogP contribution in [0.5, 0.6) is 0 Å². The molecule has 3 heterocycles. The van der Waals surface area contributed by atoms with Gasteiger partial charge in [0.2, 0.25) is 5.91 Å². The number of hydrogen-bond donors (Lipinski definition) is 1. The summed E-state index contributed by atoms with van der Waals surface area (Å²) in [5, 5.41) is 17.4. The fourth-order valence-corrected chi connectivity index (χ4v) is 3.85. The maximum atomic E-state index is 12.1. The number of hydrogen-bond acceptors (Lipinski definition) is 5. The lowest BCUT2D eigenvalue weighted by atomic mass is 9.67. The summed E-state index contributed by atoms with van der Waals surface area (Å²) in [4.78, 5) is 12.1. The first-order valence-corrected chi connectivity index (χ1v) is 8.51. The van der Waals surface area contributed by atoms with Gasteiger partial charge in [0.15, 0.2) is 0 Å². The summed E-state index contributed by atoms with van der Waals surface area (Å²) in [6.45, 7) is 0. The highest BCUT2D eigenvalue weighted by Gasteiger charge is 2.53. The molecule has 128 valence electrons. The summed E-state index contributed by atoms with van der Waals surface area (Å²) in [7, 11) is 0. The molecule has 1 aliphatic carbocycles. The van der Waals surface area contributed by atoms with E-state index in [-0.39, 0.29) is 11.9 Å². The van der Waals surface area contributed by atoms with Gasteiger partial charge in [-0.2, -0.15) is 20.4 Å². The third-order valence-electron chi connectivity index (χ3n) is 5.17. The summed E-state index contributed by atoms with van der Waals surface area (Å²) in [5.74, 6) is -0.0960. The molecular weight excluding hydrogens is 328 g/mol. The van der Waals surface area contributed by atoms with Crippen LogP contribution in [-0.4, -0.2) is 27.4 Å². The van der Waals surface area contributed by atoms with Gasteiger partial charge in [-0.1, -0.05) is 18.2 Å². The Kier molecular flexibility index (Phi) is 3.21. The van der Waals surface area contributed by atoms with Gasteiger partial charge < -0.3 is 0 Å². The van der Waals surface area contributed by atoms with Crippen molar-refractivity contribution in [2.75, 3.05) is 0 Å². The fourth-order valence-electron chi connectivity index (χ4n) is 3.85. The molecule has 1 aromatic carbocycles. The molecular formula is C19H16N6O. The van der Waals surface area contributed by atoms with Gasteiger partial charge in [0.05, 0.1) is 28.6 Å². The van der Waals surface area contributed by atoms with E-state index in [4.69, 9.17) is 0 Å². The Morgan fingerprint density at radius 2 is 2.15 bits per heavy atom. The van der Waals surface area contributed by atoms with Crippen LogP contribution in [0.15, 0.2) is 82.0 Å². The van der Waals surface area contributed by atoms with E-state index in [2.05, 4.69) is 38.0 Å². The lowest BCUT2D eigenvalue weighted by Crippen LogP contribution is -2.49. The Labute approximate surface area is 149 Å². The zero-order chi connectivity index (χ0) is 17.6. The standard InChI is InChI=1S/C19H16N6O/c26-18-12-19-15(3-1-4-16(19)22-24-18)21-23-17(19)11-13-5-7-14(8-6-13)25-10-2-9-20-25/h1-10,17H,11-12H2,(H,24,26). The molecule has 5 rings (SSSR count). The van der Waals surface area contributed by atoms with Crippen LogP contribution in [0, 0.1) is 5.41 Å². The van der Waals surface area contributed by atoms with Gasteiger partial charge in [-0.3, -0.25) is 4.79 Å². The van der Waals surface area contributed by atoms with Crippen molar-refractivity contribution in [1.82, 2.24) is 15.2 Å². The first-order valence-electron chi connectivity index (χ1n) is 8.51. The van der Waals surface area contributed by atoms with Gasteiger partial charge in [0, 0.05) is 18.8 Å². The molecule has 7 heteroatoms. The van der Waals surface area contributed by atoms with Gasteiger partial charge in [0.1, 0.15) is 0 Å². The molecule has 1 aromatic heterocycles. The van der Waals surface area contributed by atoms with Crippen molar-refractivity contribution in [3.8, 4) is 5.69 Å². The quantitative estimate of drug-likeness (QED) is 0.928. The topological polar surface area (TPSA) is 84.0 Å². The van der Waals surface area contributed by atoms with Gasteiger partial charge >= 0.3 is 0 Å². The first-order chi connectivity index (χ1) is 12.8. The highest BCUT2D eigenvalue weighted by molar-refractivity contribution is 6.08. The third-order valence-corrected chi connectivity index (χ3v) is 5.17. The van der Waals surface area contributed by atoms with Crippen molar-refractivity contribution in [1.29, 1.82) is 0 Å². The van der Waals surface area contributed by atoms with Crippen LogP contribution in [0.4, 0.5) is 0 Å². The lowest BCUT2D eigenvalue weighted by Gasteiger charge is -2.37. The van der Waals surface area contributed by atoms with Crippen LogP contribution in [0.3, 0.4) is 0 Å². The average Bonchev–Trinajstić information content (AvgIpc) is 3.30. The molecule has 0 saturated carbocycles. The zero-order valence-electron chi connectivity index (χ0n) is 13.9. The van der Waals surface area contributed by atoms with Crippen molar-refractivity contribution in [3.05, 3.63) is 72.2 Å². The molecule has 7 nitrogen and oxygen atoms in total. The first kappa shape index (κ1) is 14.9. The highest BCUT2D eigenvalue weighted by atomic mass is 16.2. The number of nitrogens with one attached hydrogen (secondary N) is 1. The number of nitrogens with zero attached hydrogens (tertiary/aromatic N) is 5. The number of aromatic nitrogens is 2. The van der Waals surface area contributed by atoms with Crippen molar-refractivity contribution in [2.45, 2.75) is 18.9 Å². The van der Waals surface area contributed by atoms with Crippen LogP contribution in [-0.2, 0) is 11.2 Å². The molecule has 2 aromatic rings. The van der Waals surface area contributed by atoms with E-state index in [0.29, 0.717) is 12.8 Å². The minimum absolute atomic E-state index is 0.0960. The summed E-state index contributed by atoms with van der Waals surface area (Å²) in [6, 6.07) is 9.97. The van der Waals surface area contributed by atoms with Crippen LogP contribution in [0.1, 0.15) is 12.0 Å². The van der Waals surface area contributed by atoms with Gasteiger partial charge in [-0.25, -0.2) is 10.1 Å². The Morgan fingerprint density at radius 1 is 1.27 bits per heavy atom. The van der Waals surface area contributed by atoms with Gasteiger partial charge in [0.25, 0.3) is 0 Å². The Bertz CT molecular complexity index is 984. The summed E-state index contributed by atoms with van der Waals surface area (Å²) in [5.41, 5.74) is 5.83. The molecule has 1 amide bonds. The molecule has 0 fully saturated rings. The molecule has 0 saturated heterocycles. The van der Waals surface area contributed by atoms with E-state index < -0.39 is 5.41 Å². The monoisotopic (exact) mass is 344 g/mol. The molecule has 2 aliphatic heterocycles. The smallest absolute Gasteiger partial charge is 0.241 e. The minimum Gasteiger partial charge on any atom is -0.273 e. The highest BCUT2D eigenvalue weighted by Crippen LogP contribution is 2.48. The Hall–Kier alpha value is -3.35. The average molecular weight is 344 g/mol. The summed E-state index contributed by atoms with van der Waals surface area (Å²) in [6.07, 6.45) is 10.5. The zero-order valence-corrected chi connectivity index (χ0v) is 13.9. The predicted molar refractivity (Wildman–Crippen MR) is 95.8 cm³/mol. The number of rotatable bonds is 3. The van der Waals surface area contributed by atoms with E-state index in [9.17, 15) is 4.79 Å². The van der Waals surface area contributed by atoms with Crippen molar-refractivity contribution in [2.24, 2.45) is 20.7 Å². The maximum Gasteiger partial charge on any atom is 0.241 e. The molecule has 1 N–H and O–H groups in total. The van der Waals surface area contributed by atoms with E-state index in [1.54, 1.807) is 6.20 Å². The second-order valence-electron chi connectivity index (χ2n) is 6.64. The molecule has 0 bridgehead atoms. The molecule has 3 aliphatic rings. The Morgan fingerprint density at radius 3 is 2.96 bits per heavy atom. The minimum atomic E-state index is -0.544. The number of hydrazone groups is 1. The van der Waals surface area contributed by atoms with E-state index in [0.717, 1.165) is 22.7 Å². The largest absolute Gasteiger partial charge is 0.273 e. The SMILES string of the molecule is O=C1CC23C(=CC=CC2=NN1)N=NC3Cc1ccc(-n2cccn2)cc1. The number of carbonyl (C=O) groups excluding carboxylic acids is 1. The van der Waals surface area contributed by atoms with Crippen molar-refractivity contribution in [3.63, 3.8) is 0 Å². The second kappa shape index (κ2) is 5.59. The fraction of sp³-hybridized carbons (Fsp3) is 0.211. The van der Waals surface area contributed by atoms with Crippen LogP contribution < -0.4 is 5.43 Å². The number of amides is 1. The molecule has 2 unspecified atom stereocenters. The van der Waals surface area contributed by atoms with E-state index in [1.807, 2.05) is 47.3 Å². The molecule has 2 atom stereocenters. The number of carbonyl (C=O) groups is 1. The van der Waals surface area contributed by atoms with E-state index >= 15 is 0 Å². The maximum absolute atomic E-state index is 12.1. The van der Waals surface area contributed by atoms with Gasteiger partial charge in [-0.15, -0.1) is 0 Å². The number of benzene rings is 1. The van der Waals surface area contributed by atoms with Crippen molar-refractivity contribution < 1.29 is 4.79 Å². The predicted octanol–water partition coefficient (Wildman–Crippen LogP) is 2.57. The van der Waals surface area contributed by atoms with Crippen LogP contribution in [0.2, 0.25) is 0 Å². The molecule has 26 heavy (non-hydrogen) atoms. The lowest BCUT2D eigenvalue weighted by molar-refractivity contribution is -0.123. The van der Waals surface area contributed by atoms with Gasteiger partial charge in [-0.05, 0) is 42.3 Å². The number of azo groups is 1. The van der Waals surface area contributed by atoms with Crippen LogP contribution >= 0.6 is 0 Å². The summed E-state index contributed by atoms with van der Waals surface area (Å²) >= 11 is 0. The third kappa shape index (κ3) is 2.17. The molecule has 1 spiro atoms. The summed E-state index contributed by atoms with van der Waals surface area (Å²) < 4.78 is 1.82. The Balaban J connectivity index is 1.45. The number of allylic oxidation sites excluding steroid dienone is 3. The van der Waals surface area contributed by atoms with Crippen molar-refractivity contribution >= 4 is 11.6 Å². The normalized spacial score (nSPS) is 26.0. The van der Waals surface area contributed by atoms with Crippen LogP contribution in [0.25, 0.3) is 5.69 Å².